The molecule has 12 nitrogen and oxygen atoms in total. The molecule has 2 amide bonds. The summed E-state index contributed by atoms with van der Waals surface area (Å²) in [6.07, 6.45) is -0.136. The molecule has 312 valence electrons. The van der Waals surface area contributed by atoms with Crippen LogP contribution in [0.15, 0.2) is 54.6 Å². The lowest BCUT2D eigenvalue weighted by atomic mass is 9.90. The standard InChI is InChI=1S/C43H56Cl2N2O10/c1-9-36(49)54-23-28-16-18-30(19-17-28)38(45)39(57-37(50)10-2)27(6)33-12-11-13-35(48)47-32(22-29-15-14-26(5)31(44)21-29)40(51)46-24-43(7,8)42(53)56-34(20-25(3)4)41(52)55-33/h11,13-19,21,25,27,32-34,38-39H,9-10,12,20,22-24H2,1-8H3,(H,46,51)(H,47,48)/b13-11+/t27-,32+,33-,34-,38-,39+/m0/s1. The molecule has 57 heavy (non-hydrogen) atoms. The molecule has 0 aromatic heterocycles. The largest absolute Gasteiger partial charge is 0.461 e. The minimum Gasteiger partial charge on any atom is -0.461 e. The number of nitrogens with one attached hydrogen (secondary N) is 2. The van der Waals surface area contributed by atoms with Gasteiger partial charge < -0.3 is 29.6 Å². The fourth-order valence-corrected chi connectivity index (χ4v) is 6.51. The zero-order valence-electron chi connectivity index (χ0n) is 34.0. The summed E-state index contributed by atoms with van der Waals surface area (Å²) in [6, 6.07) is 11.3. The number of cyclic esters (lactones) is 2. The van der Waals surface area contributed by atoms with Crippen molar-refractivity contribution in [1.29, 1.82) is 0 Å². The number of hydrogen-bond donors (Lipinski definition) is 2. The van der Waals surface area contributed by atoms with Crippen molar-refractivity contribution < 1.29 is 47.7 Å². The quantitative estimate of drug-likeness (QED) is 0.122. The highest BCUT2D eigenvalue weighted by Gasteiger charge is 2.40. The van der Waals surface area contributed by atoms with Crippen LogP contribution in [0.1, 0.15) is 102 Å². The highest BCUT2D eigenvalue weighted by atomic mass is 35.5. The fraction of sp³-hybridized carbons (Fsp3) is 0.535. The van der Waals surface area contributed by atoms with Crippen molar-refractivity contribution in [2.24, 2.45) is 17.3 Å². The minimum absolute atomic E-state index is 0.0376. The van der Waals surface area contributed by atoms with Crippen LogP contribution in [0, 0.1) is 24.2 Å². The van der Waals surface area contributed by atoms with Gasteiger partial charge in [-0.2, -0.15) is 0 Å². The fourth-order valence-electron chi connectivity index (χ4n) is 5.88. The van der Waals surface area contributed by atoms with E-state index >= 15 is 0 Å². The molecule has 3 rings (SSSR count). The first kappa shape index (κ1) is 47.0. The third-order valence-electron chi connectivity index (χ3n) is 9.60. The van der Waals surface area contributed by atoms with E-state index in [2.05, 4.69) is 10.6 Å². The maximum Gasteiger partial charge on any atom is 0.347 e. The summed E-state index contributed by atoms with van der Waals surface area (Å²) in [5, 5.41) is 5.10. The highest BCUT2D eigenvalue weighted by Crippen LogP contribution is 2.35. The van der Waals surface area contributed by atoms with Gasteiger partial charge in [0.1, 0.15) is 24.9 Å². The molecule has 0 radical (unpaired) electrons. The summed E-state index contributed by atoms with van der Waals surface area (Å²) in [5.74, 6) is -4.42. The van der Waals surface area contributed by atoms with Crippen LogP contribution in [0.25, 0.3) is 0 Å². The molecule has 0 aliphatic carbocycles. The molecule has 2 aromatic carbocycles. The second-order valence-electron chi connectivity index (χ2n) is 15.4. The number of amides is 2. The topological polar surface area (TPSA) is 163 Å². The SMILES string of the molecule is CCC(=O)OCc1ccc([C@H](Cl)[C@H](OC(=O)CC)[C@@H](C)[C@@H]2C/C=C/C(=O)N[C@H](Cc3ccc(C)c(Cl)c3)C(=O)NCC(C)(C)C(=O)O[C@@H](CC(C)C)C(=O)O2)cc1. The van der Waals surface area contributed by atoms with E-state index in [0.717, 1.165) is 11.1 Å². The average Bonchev–Trinajstić information content (AvgIpc) is 3.17. The first-order chi connectivity index (χ1) is 26.8. The second-order valence-corrected chi connectivity index (χ2v) is 16.3. The molecule has 0 bridgehead atoms. The molecular formula is C43H56Cl2N2O10. The van der Waals surface area contributed by atoms with Crippen molar-refractivity contribution in [3.05, 3.63) is 81.9 Å². The smallest absolute Gasteiger partial charge is 0.347 e. The van der Waals surface area contributed by atoms with Crippen LogP contribution in [0.4, 0.5) is 0 Å². The number of benzene rings is 2. The van der Waals surface area contributed by atoms with Crippen LogP contribution in [0.2, 0.25) is 5.02 Å². The van der Waals surface area contributed by atoms with Gasteiger partial charge in [0.15, 0.2) is 6.10 Å². The molecule has 14 heteroatoms. The number of aryl methyl sites for hydroxylation is 1. The monoisotopic (exact) mass is 830 g/mol. The molecule has 2 aromatic rings. The van der Waals surface area contributed by atoms with Gasteiger partial charge in [-0.3, -0.25) is 24.0 Å². The van der Waals surface area contributed by atoms with Crippen molar-refractivity contribution in [3.8, 4) is 0 Å². The maximum atomic E-state index is 13.9. The zero-order valence-corrected chi connectivity index (χ0v) is 35.5. The Morgan fingerprint density at radius 3 is 2.21 bits per heavy atom. The summed E-state index contributed by atoms with van der Waals surface area (Å²) in [6.45, 7) is 13.7. The molecule has 0 saturated heterocycles. The van der Waals surface area contributed by atoms with Gasteiger partial charge >= 0.3 is 23.9 Å². The molecule has 2 N–H and O–H groups in total. The van der Waals surface area contributed by atoms with Crippen LogP contribution in [0.5, 0.6) is 0 Å². The highest BCUT2D eigenvalue weighted by molar-refractivity contribution is 6.31. The van der Waals surface area contributed by atoms with Crippen LogP contribution >= 0.6 is 23.2 Å². The number of rotatable bonds is 13. The van der Waals surface area contributed by atoms with Crippen molar-refractivity contribution >= 4 is 58.9 Å². The Hall–Kier alpha value is -4.42. The third kappa shape index (κ3) is 14.5. The van der Waals surface area contributed by atoms with E-state index in [-0.39, 0.29) is 57.1 Å². The van der Waals surface area contributed by atoms with E-state index in [1.165, 1.54) is 12.2 Å². The number of carbonyl (C=O) groups excluding carboxylic acids is 6. The number of ether oxygens (including phenoxy) is 4. The van der Waals surface area contributed by atoms with Gasteiger partial charge in [0, 0.05) is 43.2 Å². The van der Waals surface area contributed by atoms with Crippen molar-refractivity contribution in [3.63, 3.8) is 0 Å². The zero-order chi connectivity index (χ0) is 42.4. The van der Waals surface area contributed by atoms with E-state index in [1.807, 2.05) is 32.9 Å². The van der Waals surface area contributed by atoms with E-state index in [0.29, 0.717) is 16.1 Å². The Morgan fingerprint density at radius 2 is 1.60 bits per heavy atom. The van der Waals surface area contributed by atoms with E-state index in [4.69, 9.17) is 42.1 Å². The third-order valence-corrected chi connectivity index (χ3v) is 10.5. The van der Waals surface area contributed by atoms with Gasteiger partial charge in [-0.25, -0.2) is 4.79 Å². The number of alkyl halides is 1. The number of esters is 4. The first-order valence-electron chi connectivity index (χ1n) is 19.3. The van der Waals surface area contributed by atoms with E-state index in [1.54, 1.807) is 65.0 Å². The average molecular weight is 832 g/mol. The lowest BCUT2D eigenvalue weighted by Crippen LogP contribution is -2.51. The van der Waals surface area contributed by atoms with Crippen molar-refractivity contribution in [2.45, 2.75) is 124 Å². The molecule has 1 aliphatic heterocycles. The van der Waals surface area contributed by atoms with Crippen LogP contribution in [-0.4, -0.2) is 66.6 Å². The molecule has 0 unspecified atom stereocenters. The number of halogens is 2. The van der Waals surface area contributed by atoms with Gasteiger partial charge in [0.05, 0.1) is 10.8 Å². The van der Waals surface area contributed by atoms with Gasteiger partial charge in [-0.05, 0) is 67.5 Å². The normalized spacial score (nSPS) is 21.6. The lowest BCUT2D eigenvalue weighted by Gasteiger charge is -2.34. The molecule has 1 heterocycles. The predicted octanol–water partition coefficient (Wildman–Crippen LogP) is 7.04. The summed E-state index contributed by atoms with van der Waals surface area (Å²) in [5.41, 5.74) is 1.59. The molecule has 0 fully saturated rings. The Labute approximate surface area is 345 Å². The molecule has 6 atom stereocenters. The summed E-state index contributed by atoms with van der Waals surface area (Å²) >= 11 is 13.4. The molecule has 0 saturated carbocycles. The van der Waals surface area contributed by atoms with Gasteiger partial charge in [0.25, 0.3) is 0 Å². The van der Waals surface area contributed by atoms with Crippen molar-refractivity contribution in [2.75, 3.05) is 6.54 Å². The lowest BCUT2D eigenvalue weighted by molar-refractivity contribution is -0.181. The predicted molar refractivity (Wildman–Crippen MR) is 216 cm³/mol. The molecular weight excluding hydrogens is 775 g/mol. The Balaban J connectivity index is 2.03. The molecule has 0 spiro atoms. The van der Waals surface area contributed by atoms with Crippen molar-refractivity contribution in [1.82, 2.24) is 10.6 Å². The van der Waals surface area contributed by atoms with Crippen LogP contribution in [-0.2, 0) is 60.7 Å². The Kier molecular flexibility index (Phi) is 18.1. The summed E-state index contributed by atoms with van der Waals surface area (Å²) in [4.78, 5) is 79.0. The summed E-state index contributed by atoms with van der Waals surface area (Å²) in [7, 11) is 0. The molecule has 1 aliphatic rings. The van der Waals surface area contributed by atoms with Crippen LogP contribution in [0.3, 0.4) is 0 Å². The first-order valence-corrected chi connectivity index (χ1v) is 20.2. The van der Waals surface area contributed by atoms with E-state index < -0.39 is 70.8 Å². The summed E-state index contributed by atoms with van der Waals surface area (Å²) < 4.78 is 23.1. The van der Waals surface area contributed by atoms with E-state index in [9.17, 15) is 28.8 Å². The minimum atomic E-state index is -1.31. The Morgan fingerprint density at radius 1 is 0.947 bits per heavy atom. The van der Waals surface area contributed by atoms with Crippen LogP contribution < -0.4 is 10.6 Å². The maximum absolute atomic E-state index is 13.9. The second kappa shape index (κ2) is 21.9. The Bertz CT molecular complexity index is 1760. The van der Waals surface area contributed by atoms with Gasteiger partial charge in [-0.15, -0.1) is 11.6 Å². The number of hydrogen-bond acceptors (Lipinski definition) is 10. The number of carbonyl (C=O) groups is 6. The van der Waals surface area contributed by atoms with Gasteiger partial charge in [0.2, 0.25) is 11.8 Å². The van der Waals surface area contributed by atoms with Gasteiger partial charge in [-0.1, -0.05) is 88.7 Å².